The van der Waals surface area contributed by atoms with Crippen molar-refractivity contribution < 1.29 is 4.57 Å². The molecule has 1 nitrogen and oxygen atoms in total. The fourth-order valence-electron chi connectivity index (χ4n) is 5.16. The molecule has 0 bridgehead atoms. The van der Waals surface area contributed by atoms with Gasteiger partial charge in [-0.05, 0) is 67.9 Å². The number of fused-ring (bicyclic) bond motifs is 3. The van der Waals surface area contributed by atoms with Crippen LogP contribution in [0.4, 0.5) is 0 Å². The van der Waals surface area contributed by atoms with E-state index in [0.717, 1.165) is 10.9 Å². The predicted octanol–water partition coefficient (Wildman–Crippen LogP) is 8.73. The molecular weight excluding hydrogens is 431 g/mol. The molecule has 0 radical (unpaired) electrons. The molecule has 0 atom stereocenters. The van der Waals surface area contributed by atoms with E-state index in [1.807, 2.05) is 25.5 Å². The molecule has 6 rings (SSSR count). The Labute approximate surface area is 200 Å². The van der Waals surface area contributed by atoms with Gasteiger partial charge in [0.1, 0.15) is 7.14 Å². The Bertz CT molecular complexity index is 1680. The summed E-state index contributed by atoms with van der Waals surface area (Å²) in [5.74, 6) is 0. The first-order valence-corrected chi connectivity index (χ1v) is 14.2. The van der Waals surface area contributed by atoms with Gasteiger partial charge < -0.3 is 4.57 Å². The minimum absolute atomic E-state index is 0.914. The summed E-state index contributed by atoms with van der Waals surface area (Å²) in [6.07, 6.45) is 0. The van der Waals surface area contributed by atoms with Crippen LogP contribution >= 0.6 is 7.14 Å². The molecule has 2 heteroatoms. The van der Waals surface area contributed by atoms with Gasteiger partial charge in [0.25, 0.3) is 0 Å². The van der Waals surface area contributed by atoms with Crippen LogP contribution in [0.3, 0.4) is 0 Å². The van der Waals surface area contributed by atoms with Gasteiger partial charge in [0, 0.05) is 5.30 Å². The third-order valence-electron chi connectivity index (χ3n) is 6.77. The number of rotatable bonds is 3. The second kappa shape index (κ2) is 7.97. The van der Waals surface area contributed by atoms with Crippen LogP contribution in [0, 0.1) is 0 Å². The largest absolute Gasteiger partial charge is 0.319 e. The molecule has 0 saturated carbocycles. The molecule has 0 amide bonds. The minimum Gasteiger partial charge on any atom is -0.319 e. The van der Waals surface area contributed by atoms with Gasteiger partial charge in [-0.25, -0.2) is 0 Å². The highest BCUT2D eigenvalue weighted by molar-refractivity contribution is 7.70. The van der Waals surface area contributed by atoms with E-state index < -0.39 is 7.14 Å². The highest BCUT2D eigenvalue weighted by atomic mass is 31.2. The molecule has 164 valence electrons. The van der Waals surface area contributed by atoms with E-state index in [1.54, 1.807) is 0 Å². The van der Waals surface area contributed by atoms with Crippen molar-refractivity contribution in [2.75, 3.05) is 13.3 Å². The number of hydrogen-bond acceptors (Lipinski definition) is 1. The number of hydrogen-bond donors (Lipinski definition) is 0. The van der Waals surface area contributed by atoms with Crippen LogP contribution in [0.5, 0.6) is 0 Å². The van der Waals surface area contributed by atoms with Gasteiger partial charge in [0.15, 0.2) is 0 Å². The fraction of sp³-hybridized carbons (Fsp3) is 0.0625. The standard InChI is InChI=1S/C32H25OP/c1-34(2,33)24-20-18-23(19-21-24)31-27-13-5-7-15-29(27)32(30-16-8-6-14-28(30)31)26-17-9-11-22-10-3-4-12-25(22)26/h3-21H,1-2H3. The Morgan fingerprint density at radius 3 is 1.50 bits per heavy atom. The SMILES string of the molecule is CP(C)(=O)c1ccc(-c2c3ccccc3c(-c3cccc4ccccc34)c3ccccc23)cc1. The van der Waals surface area contributed by atoms with Crippen LogP contribution in [0.15, 0.2) is 115 Å². The van der Waals surface area contributed by atoms with Crippen molar-refractivity contribution in [2.45, 2.75) is 0 Å². The van der Waals surface area contributed by atoms with Gasteiger partial charge in [-0.3, -0.25) is 0 Å². The molecule has 6 aromatic rings. The predicted molar refractivity (Wildman–Crippen MR) is 149 cm³/mol. The van der Waals surface area contributed by atoms with Crippen LogP contribution in [0.25, 0.3) is 54.6 Å². The molecule has 0 saturated heterocycles. The first-order valence-electron chi connectivity index (χ1n) is 11.6. The van der Waals surface area contributed by atoms with Gasteiger partial charge in [0.05, 0.1) is 0 Å². The molecular formula is C32H25OP. The highest BCUT2D eigenvalue weighted by Gasteiger charge is 2.18. The van der Waals surface area contributed by atoms with Crippen molar-refractivity contribution in [3.05, 3.63) is 115 Å². The van der Waals surface area contributed by atoms with Gasteiger partial charge in [-0.15, -0.1) is 0 Å². The molecule has 0 unspecified atom stereocenters. The first-order chi connectivity index (χ1) is 16.5. The Morgan fingerprint density at radius 2 is 0.941 bits per heavy atom. The van der Waals surface area contributed by atoms with Crippen molar-refractivity contribution in [1.82, 2.24) is 0 Å². The molecule has 34 heavy (non-hydrogen) atoms. The summed E-state index contributed by atoms with van der Waals surface area (Å²) in [7, 11) is -2.30. The lowest BCUT2D eigenvalue weighted by Crippen LogP contribution is -2.01. The van der Waals surface area contributed by atoms with Crippen LogP contribution in [0.1, 0.15) is 0 Å². The zero-order chi connectivity index (χ0) is 23.3. The lowest BCUT2D eigenvalue weighted by molar-refractivity contribution is 0.588. The van der Waals surface area contributed by atoms with E-state index in [9.17, 15) is 4.57 Å². The summed E-state index contributed by atoms with van der Waals surface area (Å²) in [6, 6.07) is 40.9. The first kappa shape index (κ1) is 20.9. The Hall–Kier alpha value is -3.67. The third-order valence-corrected chi connectivity index (χ3v) is 8.31. The maximum atomic E-state index is 12.6. The summed E-state index contributed by atoms with van der Waals surface area (Å²) in [5, 5.41) is 8.37. The molecule has 6 aromatic carbocycles. The summed E-state index contributed by atoms with van der Waals surface area (Å²) in [5.41, 5.74) is 4.90. The quantitative estimate of drug-likeness (QED) is 0.192. The van der Waals surface area contributed by atoms with E-state index >= 15 is 0 Å². The van der Waals surface area contributed by atoms with Gasteiger partial charge >= 0.3 is 0 Å². The van der Waals surface area contributed by atoms with E-state index in [0.29, 0.717) is 0 Å². The average Bonchev–Trinajstić information content (AvgIpc) is 2.86. The normalized spacial score (nSPS) is 11.9. The van der Waals surface area contributed by atoms with Crippen molar-refractivity contribution in [1.29, 1.82) is 0 Å². The smallest absolute Gasteiger partial charge is 0.109 e. The van der Waals surface area contributed by atoms with Crippen LogP contribution in [-0.4, -0.2) is 13.3 Å². The van der Waals surface area contributed by atoms with E-state index in [-0.39, 0.29) is 0 Å². The van der Waals surface area contributed by atoms with E-state index in [1.165, 1.54) is 49.0 Å². The van der Waals surface area contributed by atoms with Crippen molar-refractivity contribution in [3.63, 3.8) is 0 Å². The van der Waals surface area contributed by atoms with Crippen LogP contribution < -0.4 is 5.30 Å². The Morgan fingerprint density at radius 1 is 0.471 bits per heavy atom. The number of benzene rings is 6. The lowest BCUT2D eigenvalue weighted by atomic mass is 9.85. The van der Waals surface area contributed by atoms with Gasteiger partial charge in [-0.1, -0.05) is 115 Å². The zero-order valence-electron chi connectivity index (χ0n) is 19.3. The second-order valence-electron chi connectivity index (χ2n) is 9.27. The molecule has 0 aliphatic rings. The van der Waals surface area contributed by atoms with Crippen LogP contribution in [-0.2, 0) is 4.57 Å². The molecule has 0 aromatic heterocycles. The average molecular weight is 457 g/mol. The lowest BCUT2D eigenvalue weighted by Gasteiger charge is -2.19. The molecule has 0 aliphatic carbocycles. The Balaban J connectivity index is 1.74. The zero-order valence-corrected chi connectivity index (χ0v) is 20.2. The molecule has 0 heterocycles. The minimum atomic E-state index is -2.30. The van der Waals surface area contributed by atoms with E-state index in [2.05, 4.69) is 103 Å². The summed E-state index contributed by atoms with van der Waals surface area (Å²) in [4.78, 5) is 0. The monoisotopic (exact) mass is 456 g/mol. The third kappa shape index (κ3) is 3.36. The van der Waals surface area contributed by atoms with E-state index in [4.69, 9.17) is 0 Å². The molecule has 0 spiro atoms. The van der Waals surface area contributed by atoms with Gasteiger partial charge in [-0.2, -0.15) is 0 Å². The van der Waals surface area contributed by atoms with Crippen molar-refractivity contribution in [3.8, 4) is 22.3 Å². The summed E-state index contributed by atoms with van der Waals surface area (Å²) < 4.78 is 12.6. The Kier molecular flexibility index (Phi) is 4.90. The van der Waals surface area contributed by atoms with Crippen molar-refractivity contribution >= 4 is 44.8 Å². The molecule has 0 N–H and O–H groups in total. The topological polar surface area (TPSA) is 17.1 Å². The summed E-state index contributed by atoms with van der Waals surface area (Å²) in [6.45, 7) is 3.65. The summed E-state index contributed by atoms with van der Waals surface area (Å²) >= 11 is 0. The van der Waals surface area contributed by atoms with Crippen molar-refractivity contribution in [2.24, 2.45) is 0 Å². The maximum absolute atomic E-state index is 12.6. The van der Waals surface area contributed by atoms with Crippen LogP contribution in [0.2, 0.25) is 0 Å². The fourth-order valence-corrected chi connectivity index (χ4v) is 6.03. The highest BCUT2D eigenvalue weighted by Crippen LogP contribution is 2.45. The second-order valence-corrected chi connectivity index (χ2v) is 12.5. The molecule has 0 aliphatic heterocycles. The maximum Gasteiger partial charge on any atom is 0.109 e. The molecule has 0 fully saturated rings. The van der Waals surface area contributed by atoms with Gasteiger partial charge in [0.2, 0.25) is 0 Å².